The summed E-state index contributed by atoms with van der Waals surface area (Å²) in [6.45, 7) is 0.750. The Balaban J connectivity index is 1.43. The summed E-state index contributed by atoms with van der Waals surface area (Å²) in [7, 11) is 22.8. The Kier molecular flexibility index (Phi) is 10.3. The lowest BCUT2D eigenvalue weighted by molar-refractivity contribution is 0.669. The molecule has 7 rings (SSSR count). The zero-order valence-electron chi connectivity index (χ0n) is 33.5. The van der Waals surface area contributed by atoms with Crippen molar-refractivity contribution in [3.8, 4) is 23.5 Å². The maximum absolute atomic E-state index is 6.37. The van der Waals surface area contributed by atoms with Gasteiger partial charge in [-0.15, -0.1) is 6.42 Å². The molecule has 1 aliphatic rings. The first-order valence-electron chi connectivity index (χ1n) is 19.1. The van der Waals surface area contributed by atoms with Crippen LogP contribution in [0.5, 0.6) is 0 Å². The second-order valence-corrected chi connectivity index (χ2v) is 15.2. The van der Waals surface area contributed by atoms with Gasteiger partial charge >= 0.3 is 0 Å². The van der Waals surface area contributed by atoms with Crippen LogP contribution in [0.4, 0.5) is 5.69 Å². The predicted molar refractivity (Wildman–Crippen MR) is 264 cm³/mol. The average Bonchev–Trinajstić information content (AvgIpc) is 3.66. The molecule has 0 bridgehead atoms. The lowest BCUT2D eigenvalue weighted by atomic mass is 9.63. The van der Waals surface area contributed by atoms with Crippen molar-refractivity contribution in [2.24, 2.45) is 0 Å². The predicted octanol–water partition coefficient (Wildman–Crippen LogP) is -2.85. The molecule has 54 heavy (non-hydrogen) atoms. The van der Waals surface area contributed by atoms with E-state index in [0.29, 0.717) is 0 Å². The molecule has 1 aromatic heterocycles. The number of allylic oxidation sites excluding steroid dienone is 5. The lowest BCUT2D eigenvalue weighted by Gasteiger charge is -2.39. The fourth-order valence-corrected chi connectivity index (χ4v) is 8.99. The second kappa shape index (κ2) is 14.9. The van der Waals surface area contributed by atoms with Crippen molar-refractivity contribution in [3.63, 3.8) is 0 Å². The van der Waals surface area contributed by atoms with Crippen LogP contribution in [-0.2, 0) is 0 Å². The molecule has 5 aromatic carbocycles. The number of terminal acetylenes is 1. The Labute approximate surface area is 330 Å². The quantitative estimate of drug-likeness (QED) is 0.0978. The Morgan fingerprint density at radius 2 is 1.24 bits per heavy atom. The Morgan fingerprint density at radius 3 is 1.89 bits per heavy atom. The highest BCUT2D eigenvalue weighted by atomic mass is 16.3. The molecule has 0 saturated heterocycles. The van der Waals surface area contributed by atoms with Gasteiger partial charge in [-0.1, -0.05) is 140 Å². The molecule has 0 fully saturated rings. The van der Waals surface area contributed by atoms with Crippen molar-refractivity contribution < 1.29 is 4.42 Å². The van der Waals surface area contributed by atoms with Gasteiger partial charge in [0.05, 0.1) is 6.04 Å². The van der Waals surface area contributed by atoms with Gasteiger partial charge in [-0.3, -0.25) is 0 Å². The van der Waals surface area contributed by atoms with Crippen LogP contribution in [0, 0.1) is 12.3 Å². The van der Waals surface area contributed by atoms with Gasteiger partial charge in [-0.25, -0.2) is 0 Å². The number of rotatable bonds is 8. The van der Waals surface area contributed by atoms with Crippen LogP contribution in [0.1, 0.15) is 11.1 Å². The first-order valence-corrected chi connectivity index (χ1v) is 19.1. The van der Waals surface area contributed by atoms with Gasteiger partial charge in [0.2, 0.25) is 0 Å². The van der Waals surface area contributed by atoms with Crippen molar-refractivity contribution in [1.82, 2.24) is 0 Å². The van der Waals surface area contributed by atoms with Crippen LogP contribution in [0.3, 0.4) is 0 Å². The third kappa shape index (κ3) is 6.32. The number of para-hydroxylation sites is 1. The lowest BCUT2D eigenvalue weighted by Crippen LogP contribution is -2.52. The van der Waals surface area contributed by atoms with Gasteiger partial charge in [0.15, 0.2) is 7.85 Å². The Morgan fingerprint density at radius 1 is 0.648 bits per heavy atom. The summed E-state index contributed by atoms with van der Waals surface area (Å²) in [5.41, 5.74) is 23.3. The number of hydrogen-bond acceptors (Lipinski definition) is 2. The summed E-state index contributed by atoms with van der Waals surface area (Å²) in [5, 5.41) is 2.30. The largest absolute Gasteiger partial charge is 0.456 e. The van der Waals surface area contributed by atoms with Crippen molar-refractivity contribution in [2.75, 3.05) is 11.4 Å². The molecule has 12 heteroatoms. The second-order valence-electron chi connectivity index (χ2n) is 15.2. The van der Waals surface area contributed by atoms with Crippen molar-refractivity contribution in [1.29, 1.82) is 0 Å². The van der Waals surface area contributed by atoms with Crippen molar-refractivity contribution in [3.05, 3.63) is 147 Å². The highest BCUT2D eigenvalue weighted by molar-refractivity contribution is 6.63. The van der Waals surface area contributed by atoms with E-state index < -0.39 is 0 Å². The van der Waals surface area contributed by atoms with Gasteiger partial charge in [0, 0.05) is 23.0 Å². The molecule has 6 aromatic rings. The molecule has 2 nitrogen and oxygen atoms in total. The maximum atomic E-state index is 6.37. The topological polar surface area (TPSA) is 16.4 Å². The van der Waals surface area contributed by atoms with E-state index in [1.54, 1.807) is 0 Å². The summed E-state index contributed by atoms with van der Waals surface area (Å²) < 4.78 is 6.37. The van der Waals surface area contributed by atoms with E-state index in [1.165, 1.54) is 77.2 Å². The first kappa shape index (κ1) is 37.2. The Hall–Kier alpha value is -5.13. The zero-order chi connectivity index (χ0) is 38.4. The minimum Gasteiger partial charge on any atom is -0.456 e. The van der Waals surface area contributed by atoms with E-state index in [0.717, 1.165) is 45.1 Å². The van der Waals surface area contributed by atoms with Crippen LogP contribution in [0.25, 0.3) is 44.2 Å². The molecule has 1 atom stereocenters. The van der Waals surface area contributed by atoms with E-state index in [4.69, 9.17) is 10.8 Å². The van der Waals surface area contributed by atoms with Crippen molar-refractivity contribution in [2.45, 2.75) is 6.04 Å². The van der Waals surface area contributed by atoms with Crippen LogP contribution in [-0.4, -0.2) is 91.0 Å². The summed E-state index contributed by atoms with van der Waals surface area (Å²) in [6.07, 6.45) is 6.09. The summed E-state index contributed by atoms with van der Waals surface area (Å²) in [6, 6.07) is 36.6. The number of hydrogen-bond donors (Lipinski definition) is 0. The summed E-state index contributed by atoms with van der Waals surface area (Å²) >= 11 is 0. The molecule has 0 amide bonds. The molecule has 0 aliphatic heterocycles. The maximum Gasteiger partial charge on any atom is 0.151 e. The average molecular weight is 684 g/mol. The highest BCUT2D eigenvalue weighted by Crippen LogP contribution is 2.39. The fraction of sp³-hybridized carbons (Fsp3) is 0.0476. The van der Waals surface area contributed by atoms with E-state index >= 15 is 0 Å². The number of fused-ring (bicyclic) bond motifs is 3. The first-order chi connectivity index (χ1) is 25.9. The van der Waals surface area contributed by atoms with Crippen LogP contribution in [0.2, 0.25) is 0 Å². The molecule has 0 N–H and O–H groups in total. The van der Waals surface area contributed by atoms with Gasteiger partial charge in [0.25, 0.3) is 0 Å². The van der Waals surface area contributed by atoms with Gasteiger partial charge in [-0.05, 0) is 57.1 Å². The van der Waals surface area contributed by atoms with Crippen molar-refractivity contribution >= 4 is 139 Å². The molecule has 0 spiro atoms. The minimum atomic E-state index is 0.0924. The van der Waals surface area contributed by atoms with Crippen LogP contribution in [0.15, 0.2) is 140 Å². The SMILES string of the molecule is BC1=C(B)C(N(C/C(B)=C(B)\C(=C(\B)C#C)c2ccccc2)c2c(B)c(B)c(-c3ccc4c(c3)oc3ccccc34)c(B)c2B)C(B)=C1c1ccccc1. The molecule has 1 aliphatic carbocycles. The van der Waals surface area contributed by atoms with Gasteiger partial charge in [0.1, 0.15) is 81.8 Å². The summed E-state index contributed by atoms with van der Waals surface area (Å²) in [4.78, 5) is 2.69. The van der Waals surface area contributed by atoms with E-state index in [2.05, 4.69) is 186 Å². The molecule has 0 saturated carbocycles. The number of nitrogens with zero attached hydrogens (tertiary/aromatic N) is 1. The third-order valence-electron chi connectivity index (χ3n) is 12.2. The standard InChI is InChI=1S/C42H41B10NO/c1-2-26(43)30(21-11-5-3-6-12-21)33(45)27(44)20-53(41-37(49)31(34(46)38(41)50)22-13-7-4-8-14-22)42-39(51)35(47)32(36(48)40(42)52)23-17-18-25-24-15-9-10-16-28(24)54-29(25)19-23/h1,3-19,41H,20,43-52H2/b30-26+,33-27-. The smallest absolute Gasteiger partial charge is 0.151 e. The number of furan rings is 1. The van der Waals surface area contributed by atoms with Gasteiger partial charge < -0.3 is 9.32 Å². The molecule has 1 unspecified atom stereocenters. The van der Waals surface area contributed by atoms with E-state index in [9.17, 15) is 0 Å². The molecular formula is C42H41B10NO. The van der Waals surface area contributed by atoms with Crippen LogP contribution < -0.4 is 26.8 Å². The highest BCUT2D eigenvalue weighted by Gasteiger charge is 2.34. The number of benzene rings is 5. The third-order valence-corrected chi connectivity index (χ3v) is 12.2. The molecule has 1 heterocycles. The Bertz CT molecular complexity index is 2620. The molecular weight excluding hydrogens is 643 g/mol. The minimum absolute atomic E-state index is 0.0924. The van der Waals surface area contributed by atoms with E-state index in [1.807, 2.05) is 6.07 Å². The molecule has 250 valence electrons. The summed E-state index contributed by atoms with van der Waals surface area (Å²) in [5.74, 6) is 2.97. The zero-order valence-corrected chi connectivity index (χ0v) is 33.5. The fourth-order valence-electron chi connectivity index (χ4n) is 8.99. The van der Waals surface area contributed by atoms with Crippen LogP contribution >= 0.6 is 0 Å². The van der Waals surface area contributed by atoms with Gasteiger partial charge in [-0.2, -0.15) is 0 Å². The monoisotopic (exact) mass is 685 g/mol. The molecule has 0 radical (unpaired) electrons. The normalized spacial score (nSPS) is 15.4. The number of anilines is 1. The van der Waals surface area contributed by atoms with E-state index in [-0.39, 0.29) is 6.04 Å².